The SMILES string of the molecule is CCNC(=NCCS(C)(=O)=O)Nc1ccc(OCC)c(OC)c1.I. The molecule has 0 bridgehead atoms. The molecule has 2 N–H and O–H groups in total. The van der Waals surface area contributed by atoms with Gasteiger partial charge in [-0.1, -0.05) is 0 Å². The standard InChI is InChI=1S/C15H25N3O4S.HI/c1-5-16-15(17-9-10-23(4,19)20)18-12-7-8-13(22-6-2)14(11-12)21-3;/h7-8,11H,5-6,9-10H2,1-4H3,(H2,16,17,18);1H. The van der Waals surface area contributed by atoms with Crippen LogP contribution in [0.15, 0.2) is 23.2 Å². The summed E-state index contributed by atoms with van der Waals surface area (Å²) in [6, 6.07) is 5.45. The average Bonchev–Trinajstić information content (AvgIpc) is 2.48. The first kappa shape index (κ1) is 22.8. The number of hydrogen-bond acceptors (Lipinski definition) is 5. The van der Waals surface area contributed by atoms with Crippen LogP contribution in [0.3, 0.4) is 0 Å². The van der Waals surface area contributed by atoms with E-state index in [1.165, 1.54) is 6.26 Å². The number of nitrogens with one attached hydrogen (secondary N) is 2. The number of methoxy groups -OCH3 is 1. The number of guanidine groups is 1. The predicted octanol–water partition coefficient (Wildman–Crippen LogP) is 2.13. The Morgan fingerprint density at radius 1 is 1.25 bits per heavy atom. The van der Waals surface area contributed by atoms with Crippen LogP contribution in [0.25, 0.3) is 0 Å². The molecule has 0 saturated carbocycles. The first-order valence-electron chi connectivity index (χ1n) is 7.43. The maximum Gasteiger partial charge on any atom is 0.195 e. The zero-order valence-electron chi connectivity index (χ0n) is 14.5. The third-order valence-corrected chi connectivity index (χ3v) is 3.73. The van der Waals surface area contributed by atoms with Crippen LogP contribution in [0.2, 0.25) is 0 Å². The molecule has 0 spiro atoms. The van der Waals surface area contributed by atoms with E-state index < -0.39 is 9.84 Å². The first-order chi connectivity index (χ1) is 10.9. The molecule has 0 fully saturated rings. The lowest BCUT2D eigenvalue weighted by molar-refractivity contribution is 0.311. The fraction of sp³-hybridized carbons (Fsp3) is 0.533. The summed E-state index contributed by atoms with van der Waals surface area (Å²) in [5.74, 6) is 1.81. The molecule has 24 heavy (non-hydrogen) atoms. The molecular weight excluding hydrogens is 445 g/mol. The van der Waals surface area contributed by atoms with Crippen molar-refractivity contribution in [3.05, 3.63) is 18.2 Å². The smallest absolute Gasteiger partial charge is 0.195 e. The molecule has 0 amide bonds. The van der Waals surface area contributed by atoms with E-state index in [1.807, 2.05) is 26.0 Å². The second kappa shape index (κ2) is 11.3. The molecule has 0 aromatic heterocycles. The molecule has 1 aromatic carbocycles. The van der Waals surface area contributed by atoms with Crippen LogP contribution in [0, 0.1) is 0 Å². The fourth-order valence-corrected chi connectivity index (χ4v) is 2.21. The van der Waals surface area contributed by atoms with Crippen molar-refractivity contribution in [2.24, 2.45) is 4.99 Å². The Morgan fingerprint density at radius 3 is 2.50 bits per heavy atom. The molecule has 138 valence electrons. The summed E-state index contributed by atoms with van der Waals surface area (Å²) in [5, 5.41) is 6.19. The number of rotatable bonds is 8. The van der Waals surface area contributed by atoms with Gasteiger partial charge < -0.3 is 20.1 Å². The van der Waals surface area contributed by atoms with Crippen molar-refractivity contribution in [2.75, 3.05) is 44.1 Å². The second-order valence-electron chi connectivity index (χ2n) is 4.81. The number of anilines is 1. The number of aliphatic imine (C=N–C) groups is 1. The van der Waals surface area contributed by atoms with Crippen LogP contribution < -0.4 is 20.1 Å². The number of hydrogen-bond donors (Lipinski definition) is 2. The number of nitrogens with zero attached hydrogens (tertiary/aromatic N) is 1. The van der Waals surface area contributed by atoms with E-state index in [4.69, 9.17) is 9.47 Å². The summed E-state index contributed by atoms with van der Waals surface area (Å²) in [6.07, 6.45) is 1.19. The zero-order valence-corrected chi connectivity index (χ0v) is 17.6. The van der Waals surface area contributed by atoms with Gasteiger partial charge in [-0.25, -0.2) is 8.42 Å². The molecule has 0 heterocycles. The number of ether oxygens (including phenoxy) is 2. The highest BCUT2D eigenvalue weighted by molar-refractivity contribution is 14.0. The minimum absolute atomic E-state index is 0. The third-order valence-electron chi connectivity index (χ3n) is 2.80. The quantitative estimate of drug-likeness (QED) is 0.343. The van der Waals surface area contributed by atoms with Crippen LogP contribution >= 0.6 is 24.0 Å². The Bertz CT molecular complexity index is 636. The number of halogens is 1. The summed E-state index contributed by atoms with van der Waals surface area (Å²) >= 11 is 0. The first-order valence-corrected chi connectivity index (χ1v) is 9.49. The van der Waals surface area contributed by atoms with Crippen LogP contribution in [0.1, 0.15) is 13.8 Å². The van der Waals surface area contributed by atoms with Crippen LogP contribution in [-0.4, -0.2) is 53.2 Å². The Morgan fingerprint density at radius 2 is 1.96 bits per heavy atom. The van der Waals surface area contributed by atoms with Crippen LogP contribution in [0.4, 0.5) is 5.69 Å². The zero-order chi connectivity index (χ0) is 17.3. The van der Waals surface area contributed by atoms with E-state index in [2.05, 4.69) is 15.6 Å². The molecule has 0 aliphatic rings. The van der Waals surface area contributed by atoms with E-state index in [1.54, 1.807) is 13.2 Å². The molecule has 1 aromatic rings. The Balaban J connectivity index is 0.00000529. The third kappa shape index (κ3) is 8.57. The number of benzene rings is 1. The Kier molecular flexibility index (Phi) is 10.8. The largest absolute Gasteiger partial charge is 0.493 e. The average molecular weight is 471 g/mol. The molecule has 9 heteroatoms. The van der Waals surface area contributed by atoms with Gasteiger partial charge in [0, 0.05) is 24.6 Å². The van der Waals surface area contributed by atoms with Gasteiger partial charge in [0.15, 0.2) is 17.5 Å². The summed E-state index contributed by atoms with van der Waals surface area (Å²) in [7, 11) is -1.45. The summed E-state index contributed by atoms with van der Waals surface area (Å²) in [5.41, 5.74) is 0.768. The highest BCUT2D eigenvalue weighted by atomic mass is 127. The highest BCUT2D eigenvalue weighted by Crippen LogP contribution is 2.30. The monoisotopic (exact) mass is 471 g/mol. The lowest BCUT2D eigenvalue weighted by Crippen LogP contribution is -2.31. The van der Waals surface area contributed by atoms with Gasteiger partial charge in [-0.05, 0) is 26.0 Å². The molecule has 0 radical (unpaired) electrons. The van der Waals surface area contributed by atoms with Gasteiger partial charge in [-0.15, -0.1) is 24.0 Å². The van der Waals surface area contributed by atoms with E-state index in [-0.39, 0.29) is 36.3 Å². The van der Waals surface area contributed by atoms with Crippen molar-refractivity contribution in [1.29, 1.82) is 0 Å². The topological polar surface area (TPSA) is 89.0 Å². The van der Waals surface area contributed by atoms with Crippen molar-refractivity contribution >= 4 is 45.5 Å². The van der Waals surface area contributed by atoms with Gasteiger partial charge in [-0.3, -0.25) is 4.99 Å². The maximum atomic E-state index is 11.2. The minimum atomic E-state index is -3.03. The normalized spacial score (nSPS) is 11.4. The molecular formula is C15H26IN3O4S. The van der Waals surface area contributed by atoms with Crippen molar-refractivity contribution < 1.29 is 17.9 Å². The van der Waals surface area contributed by atoms with Gasteiger partial charge in [-0.2, -0.15) is 0 Å². The van der Waals surface area contributed by atoms with Gasteiger partial charge in [0.2, 0.25) is 0 Å². The Hall–Kier alpha value is -1.23. The molecule has 0 aliphatic heterocycles. The van der Waals surface area contributed by atoms with Crippen LogP contribution in [0.5, 0.6) is 11.5 Å². The second-order valence-corrected chi connectivity index (χ2v) is 7.07. The highest BCUT2D eigenvalue weighted by Gasteiger charge is 2.07. The van der Waals surface area contributed by atoms with Gasteiger partial charge in [0.05, 0.1) is 26.0 Å². The molecule has 0 atom stereocenters. The summed E-state index contributed by atoms with van der Waals surface area (Å²) in [4.78, 5) is 4.25. The molecule has 0 unspecified atom stereocenters. The molecule has 7 nitrogen and oxygen atoms in total. The summed E-state index contributed by atoms with van der Waals surface area (Å²) < 4.78 is 33.1. The van der Waals surface area contributed by atoms with Gasteiger partial charge >= 0.3 is 0 Å². The Labute approximate surface area is 161 Å². The minimum Gasteiger partial charge on any atom is -0.493 e. The van der Waals surface area contributed by atoms with Crippen molar-refractivity contribution in [3.8, 4) is 11.5 Å². The van der Waals surface area contributed by atoms with Crippen molar-refractivity contribution in [1.82, 2.24) is 5.32 Å². The van der Waals surface area contributed by atoms with Crippen molar-refractivity contribution in [2.45, 2.75) is 13.8 Å². The van der Waals surface area contributed by atoms with E-state index >= 15 is 0 Å². The maximum absolute atomic E-state index is 11.2. The lowest BCUT2D eigenvalue weighted by atomic mass is 10.2. The van der Waals surface area contributed by atoms with Gasteiger partial charge in [0.1, 0.15) is 9.84 Å². The fourth-order valence-electron chi connectivity index (χ4n) is 1.79. The summed E-state index contributed by atoms with van der Waals surface area (Å²) in [6.45, 7) is 5.26. The molecule has 1 rings (SSSR count). The molecule has 0 aliphatic carbocycles. The number of sulfone groups is 1. The predicted molar refractivity (Wildman–Crippen MR) is 109 cm³/mol. The van der Waals surface area contributed by atoms with E-state index in [0.29, 0.717) is 30.6 Å². The van der Waals surface area contributed by atoms with E-state index in [9.17, 15) is 8.42 Å². The van der Waals surface area contributed by atoms with Gasteiger partial charge in [0.25, 0.3) is 0 Å². The van der Waals surface area contributed by atoms with Crippen LogP contribution in [-0.2, 0) is 9.84 Å². The lowest BCUT2D eigenvalue weighted by Gasteiger charge is -2.14. The van der Waals surface area contributed by atoms with Crippen molar-refractivity contribution in [3.63, 3.8) is 0 Å². The van der Waals surface area contributed by atoms with E-state index in [0.717, 1.165) is 5.69 Å². The molecule has 0 saturated heterocycles.